The van der Waals surface area contributed by atoms with E-state index >= 15 is 0 Å². The van der Waals surface area contributed by atoms with Crippen LogP contribution in [0.1, 0.15) is 17.7 Å². The first-order valence-corrected chi connectivity index (χ1v) is 7.28. The number of nitrogens with zero attached hydrogens (tertiary/aromatic N) is 3. The van der Waals surface area contributed by atoms with Gasteiger partial charge in [-0.05, 0) is 37.1 Å². The zero-order valence-electron chi connectivity index (χ0n) is 11.2. The van der Waals surface area contributed by atoms with Gasteiger partial charge in [0.2, 0.25) is 0 Å². The molecule has 5 heteroatoms. The first kappa shape index (κ1) is 13.5. The third-order valence-electron chi connectivity index (χ3n) is 3.63. The van der Waals surface area contributed by atoms with Crippen molar-refractivity contribution in [2.75, 3.05) is 11.4 Å². The van der Waals surface area contributed by atoms with Crippen molar-refractivity contribution in [2.24, 2.45) is 7.05 Å². The van der Waals surface area contributed by atoms with Gasteiger partial charge in [0.05, 0.1) is 16.4 Å². The van der Waals surface area contributed by atoms with Crippen molar-refractivity contribution in [1.29, 1.82) is 0 Å². The Morgan fingerprint density at radius 2 is 2.15 bits per heavy atom. The van der Waals surface area contributed by atoms with E-state index in [1.807, 2.05) is 29.9 Å². The van der Waals surface area contributed by atoms with Crippen LogP contribution in [0.5, 0.6) is 0 Å². The van der Waals surface area contributed by atoms with Gasteiger partial charge in [-0.25, -0.2) is 0 Å². The van der Waals surface area contributed by atoms with Gasteiger partial charge in [-0.2, -0.15) is 5.10 Å². The molecule has 0 spiro atoms. The summed E-state index contributed by atoms with van der Waals surface area (Å²) in [4.78, 5) is 2.16. The fourth-order valence-electron chi connectivity index (χ4n) is 2.73. The van der Waals surface area contributed by atoms with E-state index in [4.69, 9.17) is 23.2 Å². The molecule has 0 saturated carbocycles. The Morgan fingerprint density at radius 3 is 2.85 bits per heavy atom. The van der Waals surface area contributed by atoms with Crippen LogP contribution in [0.3, 0.4) is 0 Å². The molecule has 104 valence electrons. The number of aryl methyl sites for hydroxylation is 1. The third-order valence-corrected chi connectivity index (χ3v) is 4.17. The molecule has 3 rings (SSSR count). The van der Waals surface area contributed by atoms with Crippen molar-refractivity contribution >= 4 is 40.8 Å². The van der Waals surface area contributed by atoms with Crippen LogP contribution in [-0.4, -0.2) is 16.3 Å². The largest absolute Gasteiger partial charge is 0.323 e. The van der Waals surface area contributed by atoms with Crippen LogP contribution in [-0.2, 0) is 13.5 Å². The van der Waals surface area contributed by atoms with Gasteiger partial charge in [0.15, 0.2) is 5.82 Å². The molecule has 1 aromatic carbocycles. The van der Waals surface area contributed by atoms with Crippen LogP contribution >= 0.6 is 23.2 Å². The lowest BCUT2D eigenvalue weighted by Crippen LogP contribution is -2.24. The minimum absolute atomic E-state index is 0.642. The van der Waals surface area contributed by atoms with Crippen molar-refractivity contribution in [3.8, 4) is 0 Å². The Labute approximate surface area is 128 Å². The number of hydrogen-bond donors (Lipinski definition) is 0. The molecule has 3 nitrogen and oxygen atoms in total. The molecule has 2 heterocycles. The smallest absolute Gasteiger partial charge is 0.158 e. The van der Waals surface area contributed by atoms with Gasteiger partial charge in [-0.3, -0.25) is 4.68 Å². The van der Waals surface area contributed by atoms with Crippen molar-refractivity contribution < 1.29 is 0 Å². The molecule has 0 radical (unpaired) electrons. The molecule has 0 amide bonds. The Balaban J connectivity index is 2.12. The van der Waals surface area contributed by atoms with E-state index in [9.17, 15) is 0 Å². The highest BCUT2D eigenvalue weighted by atomic mass is 35.5. The number of rotatable bonds is 2. The van der Waals surface area contributed by atoms with Crippen LogP contribution < -0.4 is 4.90 Å². The second-order valence-electron chi connectivity index (χ2n) is 4.87. The number of benzene rings is 1. The molecule has 1 aliphatic rings. The van der Waals surface area contributed by atoms with E-state index in [2.05, 4.69) is 16.6 Å². The first-order chi connectivity index (χ1) is 9.61. The van der Waals surface area contributed by atoms with Crippen LogP contribution in [0, 0.1) is 0 Å². The van der Waals surface area contributed by atoms with E-state index in [0.717, 1.165) is 36.6 Å². The summed E-state index contributed by atoms with van der Waals surface area (Å²) in [6.07, 6.45) is 3.95. The fourth-order valence-corrected chi connectivity index (χ4v) is 3.24. The van der Waals surface area contributed by atoms with Crippen molar-refractivity contribution in [1.82, 2.24) is 9.78 Å². The SMILES string of the molecule is C=Cc1c2c(nn1C)N(c1ccc(Cl)cc1Cl)CCC2. The van der Waals surface area contributed by atoms with Gasteiger partial charge in [0.1, 0.15) is 0 Å². The lowest BCUT2D eigenvalue weighted by atomic mass is 10.0. The van der Waals surface area contributed by atoms with E-state index in [-0.39, 0.29) is 0 Å². The summed E-state index contributed by atoms with van der Waals surface area (Å²) in [7, 11) is 1.94. The number of fused-ring (bicyclic) bond motifs is 1. The molecular formula is C15H15Cl2N3. The van der Waals surface area contributed by atoms with Crippen LogP contribution in [0.4, 0.5) is 11.5 Å². The molecule has 0 saturated heterocycles. The lowest BCUT2D eigenvalue weighted by molar-refractivity contribution is 0.740. The maximum Gasteiger partial charge on any atom is 0.158 e. The van der Waals surface area contributed by atoms with Gasteiger partial charge in [-0.15, -0.1) is 0 Å². The normalized spacial score (nSPS) is 14.2. The van der Waals surface area contributed by atoms with Crippen molar-refractivity contribution in [2.45, 2.75) is 12.8 Å². The van der Waals surface area contributed by atoms with E-state index in [1.54, 1.807) is 6.07 Å². The minimum atomic E-state index is 0.642. The Kier molecular flexibility index (Phi) is 3.48. The van der Waals surface area contributed by atoms with Gasteiger partial charge in [-0.1, -0.05) is 29.8 Å². The molecule has 2 aromatic rings. The molecule has 20 heavy (non-hydrogen) atoms. The molecule has 0 aliphatic carbocycles. The molecule has 0 atom stereocenters. The molecular weight excluding hydrogens is 293 g/mol. The first-order valence-electron chi connectivity index (χ1n) is 6.52. The standard InChI is InChI=1S/C15H15Cl2N3/c1-3-13-11-5-4-8-20(15(11)18-19(13)2)14-7-6-10(16)9-12(14)17/h3,6-7,9H,1,4-5,8H2,2H3. The van der Waals surface area contributed by atoms with Crippen LogP contribution in [0.25, 0.3) is 6.08 Å². The lowest BCUT2D eigenvalue weighted by Gasteiger charge is -2.28. The Hall–Kier alpha value is -1.45. The monoisotopic (exact) mass is 307 g/mol. The van der Waals surface area contributed by atoms with E-state index < -0.39 is 0 Å². The quantitative estimate of drug-likeness (QED) is 0.817. The van der Waals surface area contributed by atoms with Crippen LogP contribution in [0.2, 0.25) is 10.0 Å². The van der Waals surface area contributed by atoms with Gasteiger partial charge >= 0.3 is 0 Å². The number of hydrogen-bond acceptors (Lipinski definition) is 2. The molecule has 0 unspecified atom stereocenters. The summed E-state index contributed by atoms with van der Waals surface area (Å²) in [5.41, 5.74) is 3.26. The topological polar surface area (TPSA) is 21.1 Å². The summed E-state index contributed by atoms with van der Waals surface area (Å²) in [6.45, 7) is 4.78. The van der Waals surface area contributed by atoms with Gasteiger partial charge in [0, 0.05) is 24.2 Å². The Bertz CT molecular complexity index is 676. The minimum Gasteiger partial charge on any atom is -0.323 e. The zero-order chi connectivity index (χ0) is 14.3. The Morgan fingerprint density at radius 1 is 1.35 bits per heavy atom. The average Bonchev–Trinajstić information content (AvgIpc) is 2.74. The van der Waals surface area contributed by atoms with E-state index in [0.29, 0.717) is 10.0 Å². The van der Waals surface area contributed by atoms with Gasteiger partial charge < -0.3 is 4.90 Å². The predicted molar refractivity (Wildman–Crippen MR) is 85.1 cm³/mol. The fraction of sp³-hybridized carbons (Fsp3) is 0.267. The molecule has 0 N–H and O–H groups in total. The third kappa shape index (κ3) is 2.11. The predicted octanol–water partition coefficient (Wildman–Crippen LogP) is 4.45. The van der Waals surface area contributed by atoms with Crippen LogP contribution in [0.15, 0.2) is 24.8 Å². The maximum absolute atomic E-state index is 6.33. The molecule has 0 fully saturated rings. The van der Waals surface area contributed by atoms with Crippen molar-refractivity contribution in [3.63, 3.8) is 0 Å². The molecule has 1 aliphatic heterocycles. The average molecular weight is 308 g/mol. The van der Waals surface area contributed by atoms with Crippen molar-refractivity contribution in [3.05, 3.63) is 46.1 Å². The molecule has 0 bridgehead atoms. The maximum atomic E-state index is 6.33. The second kappa shape index (κ2) is 5.15. The van der Waals surface area contributed by atoms with Gasteiger partial charge in [0.25, 0.3) is 0 Å². The second-order valence-corrected chi connectivity index (χ2v) is 5.71. The van der Waals surface area contributed by atoms with E-state index in [1.165, 1.54) is 5.56 Å². The summed E-state index contributed by atoms with van der Waals surface area (Å²) in [6, 6.07) is 5.57. The summed E-state index contributed by atoms with van der Waals surface area (Å²) < 4.78 is 1.87. The zero-order valence-corrected chi connectivity index (χ0v) is 12.7. The molecule has 1 aromatic heterocycles. The number of halogens is 2. The summed E-state index contributed by atoms with van der Waals surface area (Å²) in [5, 5.41) is 5.91. The number of anilines is 2. The highest BCUT2D eigenvalue weighted by Gasteiger charge is 2.25. The summed E-state index contributed by atoms with van der Waals surface area (Å²) in [5.74, 6) is 0.970. The highest BCUT2D eigenvalue weighted by Crippen LogP contribution is 2.38. The summed E-state index contributed by atoms with van der Waals surface area (Å²) >= 11 is 12.3. The highest BCUT2D eigenvalue weighted by molar-refractivity contribution is 6.36. The number of aromatic nitrogens is 2.